The van der Waals surface area contributed by atoms with E-state index >= 15 is 0 Å². The first kappa shape index (κ1) is 21.0. The first-order valence-electron chi connectivity index (χ1n) is 10.3. The number of benzene rings is 3. The summed E-state index contributed by atoms with van der Waals surface area (Å²) in [5.74, 6) is 1.30. The van der Waals surface area contributed by atoms with Gasteiger partial charge in [-0.3, -0.25) is 9.69 Å². The van der Waals surface area contributed by atoms with Crippen molar-refractivity contribution in [3.63, 3.8) is 0 Å². The summed E-state index contributed by atoms with van der Waals surface area (Å²) in [4.78, 5) is 22.2. The number of rotatable bonds is 8. The SMILES string of the molecule is CN(C)CCCN(C(=O)c1cccc(Oc2ccccc2)c1)c1nc2ccccc2s1. The lowest BCUT2D eigenvalue weighted by Crippen LogP contribution is -2.33. The van der Waals surface area contributed by atoms with Gasteiger partial charge in [0.2, 0.25) is 0 Å². The summed E-state index contributed by atoms with van der Waals surface area (Å²) in [5.41, 5.74) is 1.49. The summed E-state index contributed by atoms with van der Waals surface area (Å²) >= 11 is 1.54. The summed E-state index contributed by atoms with van der Waals surface area (Å²) in [6.07, 6.45) is 0.856. The van der Waals surface area contributed by atoms with Gasteiger partial charge in [-0.15, -0.1) is 0 Å². The molecular formula is C25H25N3O2S. The molecule has 1 amide bonds. The van der Waals surface area contributed by atoms with Crippen LogP contribution in [0, 0.1) is 0 Å². The molecule has 0 aliphatic heterocycles. The smallest absolute Gasteiger partial charge is 0.260 e. The quantitative estimate of drug-likeness (QED) is 0.360. The van der Waals surface area contributed by atoms with Gasteiger partial charge in [0.25, 0.3) is 5.91 Å². The number of anilines is 1. The molecule has 0 aliphatic carbocycles. The van der Waals surface area contributed by atoms with E-state index in [1.54, 1.807) is 22.3 Å². The number of ether oxygens (including phenoxy) is 1. The maximum absolute atomic E-state index is 13.5. The lowest BCUT2D eigenvalue weighted by Gasteiger charge is -2.21. The fourth-order valence-electron chi connectivity index (χ4n) is 3.28. The van der Waals surface area contributed by atoms with Crippen LogP contribution in [0.15, 0.2) is 78.9 Å². The van der Waals surface area contributed by atoms with Gasteiger partial charge < -0.3 is 9.64 Å². The second-order valence-corrected chi connectivity index (χ2v) is 8.53. The minimum absolute atomic E-state index is 0.0728. The molecular weight excluding hydrogens is 406 g/mol. The summed E-state index contributed by atoms with van der Waals surface area (Å²) < 4.78 is 7.00. The van der Waals surface area contributed by atoms with E-state index in [2.05, 4.69) is 4.90 Å². The molecule has 0 spiro atoms. The number of carbonyl (C=O) groups is 1. The highest BCUT2D eigenvalue weighted by Crippen LogP contribution is 2.30. The summed E-state index contributed by atoms with van der Waals surface area (Å²) in [6, 6.07) is 24.9. The number of amides is 1. The third kappa shape index (κ3) is 5.29. The Morgan fingerprint density at radius 3 is 2.42 bits per heavy atom. The van der Waals surface area contributed by atoms with Crippen LogP contribution in [0.5, 0.6) is 11.5 Å². The Labute approximate surface area is 186 Å². The van der Waals surface area contributed by atoms with Gasteiger partial charge in [0.15, 0.2) is 5.13 Å². The van der Waals surface area contributed by atoms with Crippen LogP contribution >= 0.6 is 11.3 Å². The fourth-order valence-corrected chi connectivity index (χ4v) is 4.27. The van der Waals surface area contributed by atoms with E-state index in [0.717, 1.165) is 34.1 Å². The maximum Gasteiger partial charge on any atom is 0.260 e. The Hall–Kier alpha value is -3.22. The first-order valence-corrected chi connectivity index (χ1v) is 11.1. The molecule has 0 atom stereocenters. The molecule has 0 N–H and O–H groups in total. The molecule has 5 nitrogen and oxygen atoms in total. The molecule has 0 bridgehead atoms. The minimum Gasteiger partial charge on any atom is -0.457 e. The lowest BCUT2D eigenvalue weighted by atomic mass is 10.2. The van der Waals surface area contributed by atoms with E-state index in [9.17, 15) is 4.79 Å². The molecule has 31 heavy (non-hydrogen) atoms. The van der Waals surface area contributed by atoms with Crippen molar-refractivity contribution in [2.24, 2.45) is 0 Å². The average Bonchev–Trinajstić information content (AvgIpc) is 3.21. The standard InChI is InChI=1S/C25H25N3O2S/c1-27(2)16-9-17-28(25-26-22-14-6-7-15-23(22)31-25)24(29)19-10-8-13-21(18-19)30-20-11-4-3-5-12-20/h3-8,10-15,18H,9,16-17H2,1-2H3. The third-order valence-electron chi connectivity index (χ3n) is 4.81. The number of fused-ring (bicyclic) bond motifs is 1. The van der Waals surface area contributed by atoms with Crippen molar-refractivity contribution >= 4 is 32.6 Å². The largest absolute Gasteiger partial charge is 0.457 e. The molecule has 3 aromatic carbocycles. The number of carbonyl (C=O) groups excluding carboxylic acids is 1. The third-order valence-corrected chi connectivity index (χ3v) is 5.86. The van der Waals surface area contributed by atoms with Crippen molar-refractivity contribution in [2.75, 3.05) is 32.1 Å². The molecule has 0 fully saturated rings. The first-order chi connectivity index (χ1) is 15.1. The topological polar surface area (TPSA) is 45.7 Å². The number of aromatic nitrogens is 1. The van der Waals surface area contributed by atoms with Gasteiger partial charge in [0.05, 0.1) is 10.2 Å². The van der Waals surface area contributed by atoms with Gasteiger partial charge in [0, 0.05) is 12.1 Å². The number of hydrogen-bond acceptors (Lipinski definition) is 5. The monoisotopic (exact) mass is 431 g/mol. The van der Waals surface area contributed by atoms with Crippen LogP contribution in [0.2, 0.25) is 0 Å². The predicted molar refractivity (Wildman–Crippen MR) is 127 cm³/mol. The molecule has 0 radical (unpaired) electrons. The zero-order chi connectivity index (χ0) is 21.6. The molecule has 0 saturated heterocycles. The molecule has 158 valence electrons. The zero-order valence-corrected chi connectivity index (χ0v) is 18.5. The van der Waals surface area contributed by atoms with Crippen LogP contribution in [0.3, 0.4) is 0 Å². The van der Waals surface area contributed by atoms with Crippen molar-refractivity contribution in [1.29, 1.82) is 0 Å². The van der Waals surface area contributed by atoms with Crippen molar-refractivity contribution in [2.45, 2.75) is 6.42 Å². The van der Waals surface area contributed by atoms with E-state index in [1.807, 2.05) is 86.9 Å². The Morgan fingerprint density at radius 1 is 0.903 bits per heavy atom. The van der Waals surface area contributed by atoms with Crippen molar-refractivity contribution in [3.8, 4) is 11.5 Å². The number of thiazole rings is 1. The van der Waals surface area contributed by atoms with Crippen LogP contribution in [0.1, 0.15) is 16.8 Å². The molecule has 1 heterocycles. The van der Waals surface area contributed by atoms with Gasteiger partial charge in [-0.05, 0) is 69.5 Å². The summed E-state index contributed by atoms with van der Waals surface area (Å²) in [7, 11) is 4.07. The Balaban J connectivity index is 1.61. The van der Waals surface area contributed by atoms with Gasteiger partial charge in [-0.1, -0.05) is 47.7 Å². The normalized spacial score (nSPS) is 11.1. The second-order valence-electron chi connectivity index (χ2n) is 7.52. The van der Waals surface area contributed by atoms with E-state index < -0.39 is 0 Å². The highest BCUT2D eigenvalue weighted by molar-refractivity contribution is 7.22. The van der Waals surface area contributed by atoms with E-state index in [0.29, 0.717) is 17.9 Å². The van der Waals surface area contributed by atoms with E-state index in [4.69, 9.17) is 9.72 Å². The van der Waals surface area contributed by atoms with Gasteiger partial charge in [-0.25, -0.2) is 4.98 Å². The second kappa shape index (κ2) is 9.73. The predicted octanol–water partition coefficient (Wildman–Crippen LogP) is 5.69. The summed E-state index contributed by atoms with van der Waals surface area (Å²) in [5, 5.41) is 0.722. The Kier molecular flexibility index (Phi) is 6.60. The highest BCUT2D eigenvalue weighted by Gasteiger charge is 2.21. The van der Waals surface area contributed by atoms with Crippen LogP contribution in [-0.4, -0.2) is 43.0 Å². The van der Waals surface area contributed by atoms with Crippen molar-refractivity contribution in [1.82, 2.24) is 9.88 Å². The molecule has 6 heteroatoms. The molecule has 4 rings (SSSR count). The van der Waals surface area contributed by atoms with Crippen molar-refractivity contribution in [3.05, 3.63) is 84.4 Å². The van der Waals surface area contributed by atoms with E-state index in [1.165, 1.54) is 0 Å². The molecule has 0 saturated carbocycles. The van der Waals surface area contributed by atoms with Crippen LogP contribution < -0.4 is 9.64 Å². The number of hydrogen-bond donors (Lipinski definition) is 0. The molecule has 1 aromatic heterocycles. The lowest BCUT2D eigenvalue weighted by molar-refractivity contribution is 0.0985. The fraction of sp³-hybridized carbons (Fsp3) is 0.200. The number of nitrogens with zero attached hydrogens (tertiary/aromatic N) is 3. The van der Waals surface area contributed by atoms with Gasteiger partial charge >= 0.3 is 0 Å². The maximum atomic E-state index is 13.5. The van der Waals surface area contributed by atoms with Crippen molar-refractivity contribution < 1.29 is 9.53 Å². The van der Waals surface area contributed by atoms with Gasteiger partial charge in [-0.2, -0.15) is 0 Å². The summed E-state index contributed by atoms with van der Waals surface area (Å²) in [6.45, 7) is 1.49. The average molecular weight is 432 g/mol. The van der Waals surface area contributed by atoms with Crippen LogP contribution in [-0.2, 0) is 0 Å². The molecule has 4 aromatic rings. The highest BCUT2D eigenvalue weighted by atomic mass is 32.1. The zero-order valence-electron chi connectivity index (χ0n) is 17.7. The molecule has 0 unspecified atom stereocenters. The Bertz CT molecular complexity index is 1120. The molecule has 0 aliphatic rings. The Morgan fingerprint density at radius 2 is 1.65 bits per heavy atom. The van der Waals surface area contributed by atoms with E-state index in [-0.39, 0.29) is 5.91 Å². The van der Waals surface area contributed by atoms with Crippen LogP contribution in [0.4, 0.5) is 5.13 Å². The minimum atomic E-state index is -0.0728. The van der Waals surface area contributed by atoms with Crippen LogP contribution in [0.25, 0.3) is 10.2 Å². The number of para-hydroxylation sites is 2. The van der Waals surface area contributed by atoms with Gasteiger partial charge in [0.1, 0.15) is 11.5 Å².